The monoisotopic (exact) mass is 347 g/mol. The molecule has 1 aromatic carbocycles. The molecule has 0 saturated heterocycles. The summed E-state index contributed by atoms with van der Waals surface area (Å²) in [6, 6.07) is 9.53. The first-order valence-corrected chi connectivity index (χ1v) is 7.84. The van der Waals surface area contributed by atoms with E-state index in [4.69, 9.17) is 9.26 Å². The maximum atomic E-state index is 12.4. The molecule has 0 bridgehead atoms. The van der Waals surface area contributed by atoms with Crippen LogP contribution in [-0.2, 0) is 32.2 Å². The molecule has 0 saturated carbocycles. The smallest absolute Gasteiger partial charge is 0.307 e. The van der Waals surface area contributed by atoms with Crippen molar-refractivity contribution >= 4 is 11.9 Å². The van der Waals surface area contributed by atoms with Crippen molar-refractivity contribution in [2.75, 3.05) is 20.3 Å². The number of carbonyl (C=O) groups excluding carboxylic acids is 2. The number of amides is 1. The van der Waals surface area contributed by atoms with E-state index in [9.17, 15) is 9.59 Å². The molecule has 1 amide bonds. The average Bonchev–Trinajstić information content (AvgIpc) is 3.04. The van der Waals surface area contributed by atoms with Crippen molar-refractivity contribution in [3.8, 4) is 0 Å². The first-order valence-electron chi connectivity index (χ1n) is 7.84. The second kappa shape index (κ2) is 9.53. The van der Waals surface area contributed by atoms with E-state index in [1.54, 1.807) is 11.8 Å². The number of rotatable bonds is 9. The van der Waals surface area contributed by atoms with E-state index in [0.717, 1.165) is 5.56 Å². The van der Waals surface area contributed by atoms with E-state index >= 15 is 0 Å². The van der Waals surface area contributed by atoms with Crippen molar-refractivity contribution < 1.29 is 23.6 Å². The minimum Gasteiger partial charge on any atom is -0.469 e. The van der Waals surface area contributed by atoms with Gasteiger partial charge >= 0.3 is 5.97 Å². The number of hydrogen-bond donors (Lipinski definition) is 0. The third-order valence-corrected chi connectivity index (χ3v) is 3.40. The SMILES string of the molecule is COC(=O)CCN(Cc1ccccc1)C(=O)COCc1nc(C)no1. The molecule has 25 heavy (non-hydrogen) atoms. The molecule has 0 aliphatic carbocycles. The van der Waals surface area contributed by atoms with Crippen LogP contribution in [0.4, 0.5) is 0 Å². The van der Waals surface area contributed by atoms with Gasteiger partial charge in [0.1, 0.15) is 13.2 Å². The van der Waals surface area contributed by atoms with Crippen LogP contribution in [0, 0.1) is 6.92 Å². The van der Waals surface area contributed by atoms with Crippen LogP contribution >= 0.6 is 0 Å². The number of aromatic nitrogens is 2. The van der Waals surface area contributed by atoms with E-state index < -0.39 is 0 Å². The summed E-state index contributed by atoms with van der Waals surface area (Å²) in [5, 5.41) is 3.65. The van der Waals surface area contributed by atoms with Crippen LogP contribution < -0.4 is 0 Å². The highest BCUT2D eigenvalue weighted by Crippen LogP contribution is 2.07. The summed E-state index contributed by atoms with van der Waals surface area (Å²) in [6.07, 6.45) is 0.123. The predicted octanol–water partition coefficient (Wildman–Crippen LogP) is 1.49. The van der Waals surface area contributed by atoms with Crippen molar-refractivity contribution in [3.05, 3.63) is 47.6 Å². The molecule has 1 aromatic heterocycles. The fourth-order valence-electron chi connectivity index (χ4n) is 2.14. The molecule has 0 unspecified atom stereocenters. The number of ether oxygens (including phenoxy) is 2. The lowest BCUT2D eigenvalue weighted by molar-refractivity contribution is -0.143. The zero-order chi connectivity index (χ0) is 18.1. The highest BCUT2D eigenvalue weighted by Gasteiger charge is 2.16. The van der Waals surface area contributed by atoms with Crippen LogP contribution in [-0.4, -0.2) is 47.2 Å². The van der Waals surface area contributed by atoms with Crippen LogP contribution in [0.15, 0.2) is 34.9 Å². The summed E-state index contributed by atoms with van der Waals surface area (Å²) in [5.41, 5.74) is 0.966. The lowest BCUT2D eigenvalue weighted by Crippen LogP contribution is -2.35. The van der Waals surface area contributed by atoms with Crippen LogP contribution in [0.1, 0.15) is 23.7 Å². The molecule has 2 rings (SSSR count). The van der Waals surface area contributed by atoms with Gasteiger partial charge in [-0.25, -0.2) is 0 Å². The van der Waals surface area contributed by atoms with Gasteiger partial charge in [0.25, 0.3) is 5.89 Å². The fraction of sp³-hybridized carbons (Fsp3) is 0.412. The van der Waals surface area contributed by atoms with Gasteiger partial charge in [-0.05, 0) is 12.5 Å². The Labute approximate surface area is 145 Å². The Bertz CT molecular complexity index is 687. The normalized spacial score (nSPS) is 10.5. The Morgan fingerprint density at radius 2 is 2.00 bits per heavy atom. The van der Waals surface area contributed by atoms with Gasteiger partial charge in [0.2, 0.25) is 5.91 Å². The molecular weight excluding hydrogens is 326 g/mol. The van der Waals surface area contributed by atoms with Gasteiger partial charge in [-0.15, -0.1) is 0 Å². The molecule has 2 aromatic rings. The van der Waals surface area contributed by atoms with Crippen molar-refractivity contribution in [3.63, 3.8) is 0 Å². The van der Waals surface area contributed by atoms with Crippen molar-refractivity contribution in [1.82, 2.24) is 15.0 Å². The first kappa shape index (κ1) is 18.6. The quantitative estimate of drug-likeness (QED) is 0.634. The van der Waals surface area contributed by atoms with Crippen molar-refractivity contribution in [2.45, 2.75) is 26.5 Å². The average molecular weight is 347 g/mol. The standard InChI is InChI=1S/C17H21N3O5/c1-13-18-15(25-19-13)11-24-12-16(21)20(9-8-17(22)23-2)10-14-6-4-3-5-7-14/h3-7H,8-12H2,1-2H3. The third kappa shape index (κ3) is 6.34. The summed E-state index contributed by atoms with van der Waals surface area (Å²) in [5.74, 6) is 0.222. The molecule has 0 fully saturated rings. The third-order valence-electron chi connectivity index (χ3n) is 3.40. The number of hydrogen-bond acceptors (Lipinski definition) is 7. The van der Waals surface area contributed by atoms with Gasteiger partial charge in [-0.2, -0.15) is 4.98 Å². The topological polar surface area (TPSA) is 94.8 Å². The van der Waals surface area contributed by atoms with E-state index in [2.05, 4.69) is 14.9 Å². The number of methoxy groups -OCH3 is 1. The van der Waals surface area contributed by atoms with Gasteiger partial charge in [-0.1, -0.05) is 35.5 Å². The number of esters is 1. The Morgan fingerprint density at radius 3 is 2.64 bits per heavy atom. The summed E-state index contributed by atoms with van der Waals surface area (Å²) in [6.45, 7) is 2.26. The zero-order valence-electron chi connectivity index (χ0n) is 14.3. The summed E-state index contributed by atoms with van der Waals surface area (Å²) < 4.78 is 14.9. The second-order valence-corrected chi connectivity index (χ2v) is 5.36. The predicted molar refractivity (Wildman–Crippen MR) is 87.2 cm³/mol. The van der Waals surface area contributed by atoms with Gasteiger partial charge in [-0.3, -0.25) is 9.59 Å². The minimum atomic E-state index is -0.367. The lowest BCUT2D eigenvalue weighted by Gasteiger charge is -2.22. The molecule has 0 aliphatic heterocycles. The Balaban J connectivity index is 1.90. The van der Waals surface area contributed by atoms with E-state index in [0.29, 0.717) is 18.3 Å². The number of carbonyl (C=O) groups is 2. The summed E-state index contributed by atoms with van der Waals surface area (Å²) in [4.78, 5) is 29.4. The maximum absolute atomic E-state index is 12.4. The first-order chi connectivity index (χ1) is 12.1. The molecular formula is C17H21N3O5. The van der Waals surface area contributed by atoms with Crippen LogP contribution in [0.25, 0.3) is 0 Å². The molecule has 0 radical (unpaired) electrons. The summed E-state index contributed by atoms with van der Waals surface area (Å²) in [7, 11) is 1.32. The molecule has 0 N–H and O–H groups in total. The van der Waals surface area contributed by atoms with E-state index in [-0.39, 0.29) is 38.1 Å². The minimum absolute atomic E-state index is 0.0583. The molecule has 0 aliphatic rings. The highest BCUT2D eigenvalue weighted by atomic mass is 16.5. The Hall–Kier alpha value is -2.74. The van der Waals surface area contributed by atoms with Crippen molar-refractivity contribution in [2.24, 2.45) is 0 Å². The number of nitrogens with zero attached hydrogens (tertiary/aromatic N) is 3. The van der Waals surface area contributed by atoms with Crippen LogP contribution in [0.3, 0.4) is 0 Å². The number of benzene rings is 1. The largest absolute Gasteiger partial charge is 0.469 e. The van der Waals surface area contributed by atoms with E-state index in [1.807, 2.05) is 30.3 Å². The zero-order valence-corrected chi connectivity index (χ0v) is 14.3. The van der Waals surface area contributed by atoms with Gasteiger partial charge in [0, 0.05) is 13.1 Å². The van der Waals surface area contributed by atoms with E-state index in [1.165, 1.54) is 7.11 Å². The van der Waals surface area contributed by atoms with Gasteiger partial charge in [0.05, 0.1) is 13.5 Å². The van der Waals surface area contributed by atoms with Crippen LogP contribution in [0.2, 0.25) is 0 Å². The Kier molecular flexibility index (Phi) is 7.09. The molecule has 8 heteroatoms. The second-order valence-electron chi connectivity index (χ2n) is 5.36. The molecule has 134 valence electrons. The van der Waals surface area contributed by atoms with Gasteiger partial charge in [0.15, 0.2) is 5.82 Å². The molecule has 0 atom stereocenters. The Morgan fingerprint density at radius 1 is 1.24 bits per heavy atom. The summed E-state index contributed by atoms with van der Waals surface area (Å²) >= 11 is 0. The highest BCUT2D eigenvalue weighted by molar-refractivity contribution is 5.78. The van der Waals surface area contributed by atoms with Crippen molar-refractivity contribution in [1.29, 1.82) is 0 Å². The van der Waals surface area contributed by atoms with Crippen LogP contribution in [0.5, 0.6) is 0 Å². The molecule has 0 spiro atoms. The molecule has 8 nitrogen and oxygen atoms in total. The fourth-order valence-corrected chi connectivity index (χ4v) is 2.14. The number of aryl methyl sites for hydroxylation is 1. The lowest BCUT2D eigenvalue weighted by atomic mass is 10.2. The maximum Gasteiger partial charge on any atom is 0.307 e. The van der Waals surface area contributed by atoms with Gasteiger partial charge < -0.3 is 18.9 Å². The molecule has 1 heterocycles.